The van der Waals surface area contributed by atoms with Crippen LogP contribution in [0.4, 0.5) is 0 Å². The summed E-state index contributed by atoms with van der Waals surface area (Å²) in [5.41, 5.74) is 0. The average Bonchev–Trinajstić information content (AvgIpc) is 2.60. The molecule has 7 nitrogen and oxygen atoms in total. The lowest BCUT2D eigenvalue weighted by atomic mass is 10.2. The lowest BCUT2D eigenvalue weighted by Crippen LogP contribution is -2.58. The summed E-state index contributed by atoms with van der Waals surface area (Å²) in [6.45, 7) is 12.2. The molecule has 0 aromatic heterocycles. The van der Waals surface area contributed by atoms with Crippen LogP contribution in [-0.4, -0.2) is 78.1 Å². The molecule has 152 valence electrons. The molecule has 0 radical (unpaired) electrons. The number of hydrogen-bond donors (Lipinski definition) is 0. The molecule has 0 bridgehead atoms. The molecule has 0 aromatic carbocycles. The van der Waals surface area contributed by atoms with Crippen molar-refractivity contribution in [2.24, 2.45) is 0 Å². The molecule has 0 aromatic rings. The Balaban J connectivity index is 2.46. The molecule has 1 saturated heterocycles. The Morgan fingerprint density at radius 1 is 1.19 bits per heavy atom. The zero-order chi connectivity index (χ0) is 19.3. The summed E-state index contributed by atoms with van der Waals surface area (Å²) >= 11 is 0. The van der Waals surface area contributed by atoms with Crippen molar-refractivity contribution >= 4 is 14.8 Å². The Hall–Kier alpha value is -0.773. The molecule has 8 heteroatoms. The number of esters is 1. The van der Waals surface area contributed by atoms with Crippen LogP contribution in [0.1, 0.15) is 40.5 Å². The van der Waals surface area contributed by atoms with E-state index < -0.39 is 8.80 Å². The fourth-order valence-corrected chi connectivity index (χ4v) is 5.64. The van der Waals surface area contributed by atoms with Crippen LogP contribution in [0.3, 0.4) is 0 Å². The molecule has 0 N–H and O–H groups in total. The van der Waals surface area contributed by atoms with Gasteiger partial charge in [-0.3, -0.25) is 4.90 Å². The van der Waals surface area contributed by atoms with Crippen molar-refractivity contribution in [3.05, 3.63) is 12.2 Å². The third-order valence-electron chi connectivity index (χ3n) is 3.95. The van der Waals surface area contributed by atoms with Gasteiger partial charge in [0.05, 0.1) is 25.5 Å². The van der Waals surface area contributed by atoms with Gasteiger partial charge >= 0.3 is 14.8 Å². The fourth-order valence-electron chi connectivity index (χ4n) is 2.96. The van der Waals surface area contributed by atoms with Crippen LogP contribution < -0.4 is 0 Å². The topological polar surface area (TPSA) is 66.5 Å². The second kappa shape index (κ2) is 13.4. The lowest BCUT2D eigenvalue weighted by molar-refractivity contribution is -0.138. The van der Waals surface area contributed by atoms with Crippen molar-refractivity contribution < 1.29 is 27.5 Å². The van der Waals surface area contributed by atoms with E-state index in [1.807, 2.05) is 20.8 Å². The Bertz CT molecular complexity index is 403. The van der Waals surface area contributed by atoms with Crippen molar-refractivity contribution in [1.82, 2.24) is 4.90 Å². The maximum Gasteiger partial charge on any atom is 0.515 e. The molecule has 0 amide bonds. The molecule has 1 fully saturated rings. The summed E-state index contributed by atoms with van der Waals surface area (Å²) in [6, 6.07) is 0. The molecule has 1 heterocycles. The third-order valence-corrected chi connectivity index (χ3v) is 6.97. The second-order valence-corrected chi connectivity index (χ2v) is 8.57. The van der Waals surface area contributed by atoms with Gasteiger partial charge in [0, 0.05) is 39.0 Å². The van der Waals surface area contributed by atoms with Crippen molar-refractivity contribution in [2.45, 2.75) is 46.6 Å². The molecule has 0 aliphatic carbocycles. The molecule has 1 atom stereocenters. The van der Waals surface area contributed by atoms with Gasteiger partial charge < -0.3 is 22.8 Å². The normalized spacial score (nSPS) is 19.2. The van der Waals surface area contributed by atoms with E-state index in [9.17, 15) is 4.79 Å². The molecular weight excluding hydrogens is 354 g/mol. The van der Waals surface area contributed by atoms with Gasteiger partial charge in [-0.15, -0.1) is 0 Å². The highest BCUT2D eigenvalue weighted by molar-refractivity contribution is 6.60. The van der Waals surface area contributed by atoms with E-state index in [2.05, 4.69) is 4.90 Å². The van der Waals surface area contributed by atoms with Crippen molar-refractivity contribution in [3.63, 3.8) is 0 Å². The largest absolute Gasteiger partial charge is 0.515 e. The Morgan fingerprint density at radius 3 is 2.42 bits per heavy atom. The predicted molar refractivity (Wildman–Crippen MR) is 102 cm³/mol. The predicted octanol–water partition coefficient (Wildman–Crippen LogP) is 2.17. The molecule has 1 rings (SSSR count). The number of morpholine rings is 1. The van der Waals surface area contributed by atoms with Crippen molar-refractivity contribution in [1.29, 1.82) is 0 Å². The summed E-state index contributed by atoms with van der Waals surface area (Å²) in [4.78, 5) is 13.6. The summed E-state index contributed by atoms with van der Waals surface area (Å²) in [6.07, 6.45) is 5.55. The maximum absolute atomic E-state index is 11.3. The minimum atomic E-state index is -2.68. The van der Waals surface area contributed by atoms with Crippen molar-refractivity contribution in [3.8, 4) is 0 Å². The number of allylic oxidation sites excluding steroid dienone is 1. The number of hydrogen-bond acceptors (Lipinski definition) is 7. The SMILES string of the molecule is CC=CC(=O)OCCCC1CN(C[Si](OCC)(OCC)OCC)CCO1. The van der Waals surface area contributed by atoms with E-state index in [-0.39, 0.29) is 12.1 Å². The van der Waals surface area contributed by atoms with Gasteiger partial charge in [-0.05, 0) is 40.5 Å². The molecule has 1 aliphatic heterocycles. The van der Waals surface area contributed by atoms with E-state index in [0.29, 0.717) is 39.2 Å². The van der Waals surface area contributed by atoms with Crippen LogP contribution in [-0.2, 0) is 27.5 Å². The molecular formula is C18H35NO6Si. The third kappa shape index (κ3) is 8.74. The van der Waals surface area contributed by atoms with Gasteiger partial charge in [-0.2, -0.15) is 0 Å². The molecule has 26 heavy (non-hydrogen) atoms. The molecule has 0 saturated carbocycles. The first kappa shape index (κ1) is 23.3. The fraction of sp³-hybridized carbons (Fsp3) is 0.833. The Morgan fingerprint density at radius 2 is 1.85 bits per heavy atom. The van der Waals surface area contributed by atoms with Gasteiger partial charge in [0.25, 0.3) is 0 Å². The summed E-state index contributed by atoms with van der Waals surface area (Å²) in [5.74, 6) is -0.292. The van der Waals surface area contributed by atoms with Gasteiger partial charge in [0.1, 0.15) is 0 Å². The van der Waals surface area contributed by atoms with Gasteiger partial charge in [-0.1, -0.05) is 6.08 Å². The minimum absolute atomic E-state index is 0.126. The highest BCUT2D eigenvalue weighted by Gasteiger charge is 2.43. The smallest absolute Gasteiger partial charge is 0.463 e. The summed E-state index contributed by atoms with van der Waals surface area (Å²) in [5, 5.41) is 0. The zero-order valence-corrected chi connectivity index (χ0v) is 17.7. The Labute approximate surface area is 158 Å². The van der Waals surface area contributed by atoms with Crippen molar-refractivity contribution in [2.75, 3.05) is 52.3 Å². The number of rotatable bonds is 13. The van der Waals surface area contributed by atoms with E-state index in [0.717, 1.165) is 25.9 Å². The van der Waals surface area contributed by atoms with Crippen LogP contribution in [0, 0.1) is 0 Å². The summed E-state index contributed by atoms with van der Waals surface area (Å²) in [7, 11) is -2.68. The zero-order valence-electron chi connectivity index (χ0n) is 16.7. The van der Waals surface area contributed by atoms with Gasteiger partial charge in [0.15, 0.2) is 0 Å². The van der Waals surface area contributed by atoms with E-state index in [4.69, 9.17) is 22.8 Å². The van der Waals surface area contributed by atoms with E-state index >= 15 is 0 Å². The van der Waals surface area contributed by atoms with E-state index in [1.54, 1.807) is 13.0 Å². The summed E-state index contributed by atoms with van der Waals surface area (Å²) < 4.78 is 28.8. The molecule has 1 unspecified atom stereocenters. The highest BCUT2D eigenvalue weighted by Crippen LogP contribution is 2.17. The average molecular weight is 390 g/mol. The first-order valence-electron chi connectivity index (χ1n) is 9.64. The first-order valence-corrected chi connectivity index (χ1v) is 11.6. The minimum Gasteiger partial charge on any atom is -0.463 e. The quantitative estimate of drug-likeness (QED) is 0.207. The van der Waals surface area contributed by atoms with Crippen LogP contribution in [0.5, 0.6) is 0 Å². The standard InChI is InChI=1S/C18H35NO6Si/c1-5-10-18(20)22-13-9-11-17-15-19(12-14-21-17)16-26(23-6-2,24-7-3)25-8-4/h5,10,17H,6-9,11-16H2,1-4H3. The van der Waals surface area contributed by atoms with Gasteiger partial charge in [0.2, 0.25) is 0 Å². The number of carbonyl (C=O) groups is 1. The first-order chi connectivity index (χ1) is 12.6. The maximum atomic E-state index is 11.3. The molecule has 0 spiro atoms. The second-order valence-electron chi connectivity index (χ2n) is 6.02. The highest BCUT2D eigenvalue weighted by atomic mass is 28.4. The van der Waals surface area contributed by atoms with Crippen LogP contribution in [0.25, 0.3) is 0 Å². The Kier molecular flexibility index (Phi) is 12.0. The monoisotopic (exact) mass is 389 g/mol. The number of carbonyl (C=O) groups excluding carboxylic acids is 1. The van der Waals surface area contributed by atoms with Gasteiger partial charge in [-0.25, -0.2) is 4.79 Å². The number of ether oxygens (including phenoxy) is 2. The lowest BCUT2D eigenvalue weighted by Gasteiger charge is -2.37. The molecule has 1 aliphatic rings. The number of nitrogens with zero attached hydrogens (tertiary/aromatic N) is 1. The van der Waals surface area contributed by atoms with E-state index in [1.165, 1.54) is 6.08 Å². The van der Waals surface area contributed by atoms with Crippen LogP contribution >= 0.6 is 0 Å². The van der Waals surface area contributed by atoms with Crippen LogP contribution in [0.15, 0.2) is 12.2 Å². The van der Waals surface area contributed by atoms with Crippen LogP contribution in [0.2, 0.25) is 0 Å².